The van der Waals surface area contributed by atoms with Gasteiger partial charge in [0, 0.05) is 18.7 Å². The second-order valence-electron chi connectivity index (χ2n) is 6.61. The summed E-state index contributed by atoms with van der Waals surface area (Å²) in [5.74, 6) is 0.449. The van der Waals surface area contributed by atoms with Crippen LogP contribution in [-0.2, 0) is 20.2 Å². The molecule has 0 spiro atoms. The van der Waals surface area contributed by atoms with Crippen molar-refractivity contribution in [2.24, 2.45) is 0 Å². The van der Waals surface area contributed by atoms with Crippen LogP contribution in [-0.4, -0.2) is 46.1 Å². The van der Waals surface area contributed by atoms with Crippen molar-refractivity contribution in [2.45, 2.75) is 38.0 Å². The van der Waals surface area contributed by atoms with Gasteiger partial charge in [0.2, 0.25) is 10.0 Å². The summed E-state index contributed by atoms with van der Waals surface area (Å²) in [6, 6.07) is 3.69. The molecule has 5 nitrogen and oxygen atoms in total. The Hall–Kier alpha value is -1.11. The van der Waals surface area contributed by atoms with Crippen LogP contribution in [0, 0.1) is 6.92 Å². The lowest BCUT2D eigenvalue weighted by Crippen LogP contribution is -2.40. The van der Waals surface area contributed by atoms with E-state index in [4.69, 9.17) is 9.47 Å². The fraction of sp³-hybridized carbons (Fsp3) is 0.625. The summed E-state index contributed by atoms with van der Waals surface area (Å²) in [4.78, 5) is 0.252. The maximum atomic E-state index is 13.0. The van der Waals surface area contributed by atoms with Crippen molar-refractivity contribution in [1.29, 1.82) is 0 Å². The highest BCUT2D eigenvalue weighted by Crippen LogP contribution is 2.38. The summed E-state index contributed by atoms with van der Waals surface area (Å²) in [6.07, 6.45) is 0. The molecule has 1 aromatic carbocycles. The average Bonchev–Trinajstić information content (AvgIpc) is 2.46. The second-order valence-corrected chi connectivity index (χ2v) is 8.52. The van der Waals surface area contributed by atoms with Gasteiger partial charge in [-0.15, -0.1) is 0 Å². The van der Waals surface area contributed by atoms with Crippen LogP contribution in [0.1, 0.15) is 31.9 Å². The second kappa shape index (κ2) is 6.18. The van der Waals surface area contributed by atoms with Crippen LogP contribution in [0.2, 0.25) is 0 Å². The molecule has 124 valence electrons. The average molecular weight is 327 g/mol. The lowest BCUT2D eigenvalue weighted by molar-refractivity contribution is 0.0729. The van der Waals surface area contributed by atoms with Gasteiger partial charge in [0.25, 0.3) is 0 Å². The van der Waals surface area contributed by atoms with Gasteiger partial charge in [-0.1, -0.05) is 26.8 Å². The minimum Gasteiger partial charge on any atom is -0.495 e. The number of rotatable bonds is 3. The summed E-state index contributed by atoms with van der Waals surface area (Å²) < 4.78 is 38.2. The lowest BCUT2D eigenvalue weighted by atomic mass is 9.85. The zero-order valence-corrected chi connectivity index (χ0v) is 14.8. The molecule has 0 amide bonds. The Morgan fingerprint density at radius 3 is 2.27 bits per heavy atom. The van der Waals surface area contributed by atoms with E-state index in [1.807, 2.05) is 13.0 Å². The Balaban J connectivity index is 2.61. The van der Waals surface area contributed by atoms with E-state index >= 15 is 0 Å². The Morgan fingerprint density at radius 2 is 1.77 bits per heavy atom. The number of hydrogen-bond acceptors (Lipinski definition) is 4. The van der Waals surface area contributed by atoms with Gasteiger partial charge in [-0.3, -0.25) is 0 Å². The molecule has 1 saturated heterocycles. The smallest absolute Gasteiger partial charge is 0.246 e. The molecule has 1 aliphatic rings. The summed E-state index contributed by atoms with van der Waals surface area (Å²) in [5, 5.41) is 0. The van der Waals surface area contributed by atoms with Crippen LogP contribution in [0.5, 0.6) is 5.75 Å². The van der Waals surface area contributed by atoms with Gasteiger partial charge in [-0.2, -0.15) is 4.31 Å². The molecule has 0 aliphatic carbocycles. The Kier molecular flexibility index (Phi) is 4.84. The first-order valence-electron chi connectivity index (χ1n) is 7.45. The third kappa shape index (κ3) is 3.29. The normalized spacial score (nSPS) is 17.5. The van der Waals surface area contributed by atoms with Crippen LogP contribution in [0.4, 0.5) is 0 Å². The van der Waals surface area contributed by atoms with E-state index in [0.29, 0.717) is 32.1 Å². The summed E-state index contributed by atoms with van der Waals surface area (Å²) >= 11 is 0. The third-order valence-electron chi connectivity index (χ3n) is 3.80. The number of benzene rings is 1. The van der Waals surface area contributed by atoms with Crippen LogP contribution in [0.3, 0.4) is 0 Å². The number of morpholine rings is 1. The van der Waals surface area contributed by atoms with Gasteiger partial charge in [0.05, 0.1) is 20.3 Å². The highest BCUT2D eigenvalue weighted by atomic mass is 32.2. The van der Waals surface area contributed by atoms with Crippen LogP contribution >= 0.6 is 0 Å². The van der Waals surface area contributed by atoms with E-state index in [0.717, 1.165) is 11.1 Å². The van der Waals surface area contributed by atoms with E-state index in [2.05, 4.69) is 20.8 Å². The SMILES string of the molecule is COc1c(C(C)(C)C)cc(C)cc1S(=O)(=O)N1CCOCC1. The Bertz CT molecular complexity index is 641. The van der Waals surface area contributed by atoms with Gasteiger partial charge >= 0.3 is 0 Å². The molecule has 22 heavy (non-hydrogen) atoms. The molecule has 0 unspecified atom stereocenters. The minimum absolute atomic E-state index is 0.202. The zero-order chi connectivity index (χ0) is 16.5. The number of ether oxygens (including phenoxy) is 2. The molecular weight excluding hydrogens is 302 g/mol. The molecule has 1 heterocycles. The molecule has 0 atom stereocenters. The zero-order valence-electron chi connectivity index (χ0n) is 14.0. The molecule has 1 fully saturated rings. The minimum atomic E-state index is -3.58. The van der Waals surface area contributed by atoms with E-state index < -0.39 is 10.0 Å². The first-order valence-corrected chi connectivity index (χ1v) is 8.89. The number of methoxy groups -OCH3 is 1. The maximum Gasteiger partial charge on any atom is 0.246 e. The van der Waals surface area contributed by atoms with Crippen molar-refractivity contribution in [1.82, 2.24) is 4.31 Å². The van der Waals surface area contributed by atoms with Crippen molar-refractivity contribution < 1.29 is 17.9 Å². The largest absolute Gasteiger partial charge is 0.495 e. The molecule has 0 saturated carbocycles. The number of sulfonamides is 1. The fourth-order valence-electron chi connectivity index (χ4n) is 2.63. The molecule has 0 N–H and O–H groups in total. The highest BCUT2D eigenvalue weighted by Gasteiger charge is 2.32. The topological polar surface area (TPSA) is 55.8 Å². The Morgan fingerprint density at radius 1 is 1.18 bits per heavy atom. The van der Waals surface area contributed by atoms with Crippen molar-refractivity contribution in [2.75, 3.05) is 33.4 Å². The molecule has 6 heteroatoms. The summed E-state index contributed by atoms with van der Waals surface area (Å²) in [5.41, 5.74) is 1.62. The quantitative estimate of drug-likeness (QED) is 0.855. The van der Waals surface area contributed by atoms with E-state index in [9.17, 15) is 8.42 Å². The number of nitrogens with zero attached hydrogens (tertiary/aromatic N) is 1. The van der Waals surface area contributed by atoms with Gasteiger partial charge < -0.3 is 9.47 Å². The summed E-state index contributed by atoms with van der Waals surface area (Å²) in [6.45, 7) is 9.68. The molecule has 0 aromatic heterocycles. The van der Waals surface area contributed by atoms with Crippen molar-refractivity contribution in [3.05, 3.63) is 23.3 Å². The van der Waals surface area contributed by atoms with E-state index in [-0.39, 0.29) is 10.3 Å². The monoisotopic (exact) mass is 327 g/mol. The standard InChI is InChI=1S/C16H25NO4S/c1-12-10-13(16(2,3)4)15(20-5)14(11-12)22(18,19)17-6-8-21-9-7-17/h10-11H,6-9H2,1-5H3. The number of aryl methyl sites for hydroxylation is 1. The number of hydrogen-bond donors (Lipinski definition) is 0. The van der Waals surface area contributed by atoms with Gasteiger partial charge in [0.15, 0.2) is 0 Å². The lowest BCUT2D eigenvalue weighted by Gasteiger charge is -2.29. The van der Waals surface area contributed by atoms with Crippen molar-refractivity contribution >= 4 is 10.0 Å². The third-order valence-corrected chi connectivity index (χ3v) is 5.70. The van der Waals surface area contributed by atoms with Crippen molar-refractivity contribution in [3.63, 3.8) is 0 Å². The van der Waals surface area contributed by atoms with Crippen LogP contribution < -0.4 is 4.74 Å². The predicted octanol–water partition coefficient (Wildman–Crippen LogP) is 2.32. The van der Waals surface area contributed by atoms with Gasteiger partial charge in [0.1, 0.15) is 10.6 Å². The molecule has 1 aliphatic heterocycles. The van der Waals surface area contributed by atoms with E-state index in [1.54, 1.807) is 6.07 Å². The van der Waals surface area contributed by atoms with Gasteiger partial charge in [-0.05, 0) is 24.0 Å². The highest BCUT2D eigenvalue weighted by molar-refractivity contribution is 7.89. The van der Waals surface area contributed by atoms with Crippen LogP contribution in [0.15, 0.2) is 17.0 Å². The van der Waals surface area contributed by atoms with E-state index in [1.165, 1.54) is 11.4 Å². The maximum absolute atomic E-state index is 13.0. The van der Waals surface area contributed by atoms with Crippen LogP contribution in [0.25, 0.3) is 0 Å². The van der Waals surface area contributed by atoms with Crippen molar-refractivity contribution in [3.8, 4) is 5.75 Å². The molecule has 2 rings (SSSR count). The summed E-state index contributed by atoms with van der Waals surface area (Å²) in [7, 11) is -2.06. The Labute approximate surface area is 133 Å². The molecule has 0 radical (unpaired) electrons. The fourth-order valence-corrected chi connectivity index (χ4v) is 4.30. The van der Waals surface area contributed by atoms with Gasteiger partial charge in [-0.25, -0.2) is 8.42 Å². The molecule has 0 bridgehead atoms. The molecular formula is C16H25NO4S. The predicted molar refractivity (Wildman–Crippen MR) is 86.0 cm³/mol. The first kappa shape index (κ1) is 17.2. The molecule has 1 aromatic rings. The first-order chi connectivity index (χ1) is 10.2.